The zero-order valence-corrected chi connectivity index (χ0v) is 9.08. The Kier molecular flexibility index (Phi) is 4.90. The number of Topliss-reactive ketones (excluding diaryl/α,β-unsaturated/α-hetero) is 2. The van der Waals surface area contributed by atoms with E-state index in [9.17, 15) is 18.4 Å². The molecule has 0 unspecified atom stereocenters. The Bertz CT molecular complexity index is 430. The second-order valence-electron chi connectivity index (χ2n) is 3.59. The molecule has 1 rings (SSSR count). The minimum atomic E-state index is -1.11. The average molecular weight is 242 g/mol. The van der Waals surface area contributed by atoms with Gasteiger partial charge in [-0.15, -0.1) is 0 Å². The van der Waals surface area contributed by atoms with Gasteiger partial charge in [0.15, 0.2) is 17.4 Å². The van der Waals surface area contributed by atoms with Crippen molar-refractivity contribution in [1.29, 1.82) is 0 Å². The predicted octanol–water partition coefficient (Wildman–Crippen LogP) is 1.88. The highest BCUT2D eigenvalue weighted by Gasteiger charge is 2.13. The second-order valence-corrected chi connectivity index (χ2v) is 3.59. The summed E-state index contributed by atoms with van der Waals surface area (Å²) in [6.07, 6.45) is 0.0425. The maximum atomic E-state index is 12.8. The first-order chi connectivity index (χ1) is 8.04. The summed E-state index contributed by atoms with van der Waals surface area (Å²) in [5, 5.41) is 8.50. The Morgan fingerprint density at radius 1 is 1.18 bits per heavy atom. The van der Waals surface area contributed by atoms with Crippen LogP contribution in [0.1, 0.15) is 29.6 Å². The van der Waals surface area contributed by atoms with Gasteiger partial charge in [0.2, 0.25) is 0 Å². The largest absolute Gasteiger partial charge is 0.396 e. The topological polar surface area (TPSA) is 54.4 Å². The molecule has 1 N–H and O–H groups in total. The van der Waals surface area contributed by atoms with Gasteiger partial charge in [-0.25, -0.2) is 8.78 Å². The predicted molar refractivity (Wildman–Crippen MR) is 56.6 cm³/mol. The van der Waals surface area contributed by atoms with E-state index >= 15 is 0 Å². The molecule has 0 heterocycles. The fourth-order valence-corrected chi connectivity index (χ4v) is 1.32. The third-order valence-electron chi connectivity index (χ3n) is 2.21. The Hall–Kier alpha value is -1.62. The van der Waals surface area contributed by atoms with Crippen LogP contribution >= 0.6 is 0 Å². The van der Waals surface area contributed by atoms with Crippen molar-refractivity contribution in [2.24, 2.45) is 0 Å². The number of benzene rings is 1. The lowest BCUT2D eigenvalue weighted by Gasteiger charge is -2.01. The molecule has 92 valence electrons. The first-order valence-electron chi connectivity index (χ1n) is 5.15. The molecule has 5 heteroatoms. The van der Waals surface area contributed by atoms with Crippen LogP contribution in [0.2, 0.25) is 0 Å². The highest BCUT2D eigenvalue weighted by Crippen LogP contribution is 2.11. The monoisotopic (exact) mass is 242 g/mol. The molecule has 0 saturated carbocycles. The van der Waals surface area contributed by atoms with Gasteiger partial charge >= 0.3 is 0 Å². The van der Waals surface area contributed by atoms with Crippen LogP contribution in [0.4, 0.5) is 8.78 Å². The minimum absolute atomic E-state index is 0.0266. The van der Waals surface area contributed by atoms with Gasteiger partial charge in [0.05, 0.1) is 6.42 Å². The fraction of sp³-hybridized carbons (Fsp3) is 0.333. The summed E-state index contributed by atoms with van der Waals surface area (Å²) in [7, 11) is 0. The summed E-state index contributed by atoms with van der Waals surface area (Å²) >= 11 is 0. The number of rotatable bonds is 6. The van der Waals surface area contributed by atoms with Crippen molar-refractivity contribution in [3.05, 3.63) is 35.4 Å². The lowest BCUT2D eigenvalue weighted by molar-refractivity contribution is -0.118. The first kappa shape index (κ1) is 13.4. The van der Waals surface area contributed by atoms with Crippen molar-refractivity contribution in [2.75, 3.05) is 6.61 Å². The van der Waals surface area contributed by atoms with Crippen molar-refractivity contribution in [3.8, 4) is 0 Å². The number of aliphatic hydroxyl groups is 1. The molecule has 0 bridgehead atoms. The Morgan fingerprint density at radius 2 is 1.88 bits per heavy atom. The molecule has 0 aromatic heterocycles. The number of hydrogen-bond donors (Lipinski definition) is 1. The number of ketones is 2. The van der Waals surface area contributed by atoms with Crippen LogP contribution in [0.15, 0.2) is 18.2 Å². The molecule has 0 aliphatic carbocycles. The summed E-state index contributed by atoms with van der Waals surface area (Å²) in [5.41, 5.74) is -0.0266. The maximum Gasteiger partial charge on any atom is 0.170 e. The molecule has 0 aliphatic rings. The van der Waals surface area contributed by atoms with E-state index < -0.39 is 17.4 Å². The van der Waals surface area contributed by atoms with Crippen molar-refractivity contribution in [3.63, 3.8) is 0 Å². The molecule has 3 nitrogen and oxygen atoms in total. The third-order valence-corrected chi connectivity index (χ3v) is 2.21. The molecular formula is C12H12F2O3. The average Bonchev–Trinajstić information content (AvgIpc) is 2.30. The smallest absolute Gasteiger partial charge is 0.170 e. The number of carbonyl (C=O) groups excluding carboxylic acids is 2. The maximum absolute atomic E-state index is 12.8. The number of halogens is 2. The molecule has 1 aromatic carbocycles. The van der Waals surface area contributed by atoms with Gasteiger partial charge in [-0.2, -0.15) is 0 Å². The fourth-order valence-electron chi connectivity index (χ4n) is 1.32. The molecule has 0 atom stereocenters. The van der Waals surface area contributed by atoms with Crippen LogP contribution in [0, 0.1) is 11.6 Å². The molecule has 17 heavy (non-hydrogen) atoms. The zero-order chi connectivity index (χ0) is 12.8. The standard InChI is InChI=1S/C12H12F2O3/c13-10-4-3-8(6-11(10)14)12(17)7-9(16)2-1-5-15/h3-4,6,15H,1-2,5,7H2. The number of hydrogen-bond acceptors (Lipinski definition) is 3. The van der Waals surface area contributed by atoms with Crippen molar-refractivity contribution >= 4 is 11.6 Å². The summed E-state index contributed by atoms with van der Waals surface area (Å²) in [4.78, 5) is 22.7. The molecule has 0 amide bonds. The number of carbonyl (C=O) groups is 2. The van der Waals surface area contributed by atoms with Crippen molar-refractivity contribution in [1.82, 2.24) is 0 Å². The van der Waals surface area contributed by atoms with E-state index in [-0.39, 0.29) is 30.8 Å². The van der Waals surface area contributed by atoms with Crippen molar-refractivity contribution in [2.45, 2.75) is 19.3 Å². The first-order valence-corrected chi connectivity index (χ1v) is 5.15. The van der Waals surface area contributed by atoms with E-state index in [4.69, 9.17) is 5.11 Å². The zero-order valence-electron chi connectivity index (χ0n) is 9.08. The molecule has 0 aliphatic heterocycles. The van der Waals surface area contributed by atoms with Crippen LogP contribution < -0.4 is 0 Å². The summed E-state index contributed by atoms with van der Waals surface area (Å²) < 4.78 is 25.4. The van der Waals surface area contributed by atoms with E-state index in [0.29, 0.717) is 6.42 Å². The normalized spacial score (nSPS) is 10.3. The summed E-state index contributed by atoms with van der Waals surface area (Å²) in [5.74, 6) is -3.02. The van der Waals surface area contributed by atoms with Gasteiger partial charge in [-0.3, -0.25) is 9.59 Å². The van der Waals surface area contributed by atoms with Crippen LogP contribution in [0.25, 0.3) is 0 Å². The van der Waals surface area contributed by atoms with Crippen LogP contribution in [0.5, 0.6) is 0 Å². The molecule has 0 spiro atoms. The SMILES string of the molecule is O=C(CCCO)CC(=O)c1ccc(F)c(F)c1. The van der Waals surface area contributed by atoms with Gasteiger partial charge in [-0.05, 0) is 24.6 Å². The van der Waals surface area contributed by atoms with Gasteiger partial charge in [0.25, 0.3) is 0 Å². The van der Waals surface area contributed by atoms with Crippen molar-refractivity contribution < 1.29 is 23.5 Å². The minimum Gasteiger partial charge on any atom is -0.396 e. The molecule has 0 radical (unpaired) electrons. The van der Waals surface area contributed by atoms with Gasteiger partial charge < -0.3 is 5.11 Å². The van der Waals surface area contributed by atoms with E-state index in [1.807, 2.05) is 0 Å². The van der Waals surface area contributed by atoms with Crippen LogP contribution in [0.3, 0.4) is 0 Å². The lowest BCUT2D eigenvalue weighted by atomic mass is 10.0. The molecule has 1 aromatic rings. The Morgan fingerprint density at radius 3 is 2.47 bits per heavy atom. The quantitative estimate of drug-likeness (QED) is 0.612. The van der Waals surface area contributed by atoms with Gasteiger partial charge in [0.1, 0.15) is 5.78 Å². The van der Waals surface area contributed by atoms with E-state index in [2.05, 4.69) is 0 Å². The van der Waals surface area contributed by atoms with Crippen LogP contribution in [-0.2, 0) is 4.79 Å². The molecule has 0 fully saturated rings. The number of aliphatic hydroxyl groups excluding tert-OH is 1. The third kappa shape index (κ3) is 4.03. The second kappa shape index (κ2) is 6.20. The molecular weight excluding hydrogens is 230 g/mol. The highest BCUT2D eigenvalue weighted by atomic mass is 19.2. The van der Waals surface area contributed by atoms with E-state index in [1.165, 1.54) is 0 Å². The van der Waals surface area contributed by atoms with E-state index in [1.54, 1.807) is 0 Å². The Labute approximate surface area is 97.1 Å². The van der Waals surface area contributed by atoms with E-state index in [0.717, 1.165) is 18.2 Å². The highest BCUT2D eigenvalue weighted by molar-refractivity contribution is 6.07. The van der Waals surface area contributed by atoms with Gasteiger partial charge in [-0.1, -0.05) is 0 Å². The Balaban J connectivity index is 2.63. The lowest BCUT2D eigenvalue weighted by Crippen LogP contribution is -2.09. The molecule has 0 saturated heterocycles. The summed E-state index contributed by atoms with van der Waals surface area (Å²) in [6, 6.07) is 2.76. The van der Waals surface area contributed by atoms with Gasteiger partial charge in [0, 0.05) is 18.6 Å². The van der Waals surface area contributed by atoms with Crippen LogP contribution in [-0.4, -0.2) is 23.3 Å². The summed E-state index contributed by atoms with van der Waals surface area (Å²) in [6.45, 7) is -0.120.